The molecule has 0 radical (unpaired) electrons. The van der Waals surface area contributed by atoms with Crippen LogP contribution in [0.4, 0.5) is 4.39 Å². The van der Waals surface area contributed by atoms with E-state index in [1.165, 1.54) is 6.07 Å². The van der Waals surface area contributed by atoms with E-state index in [4.69, 9.17) is 4.99 Å². The van der Waals surface area contributed by atoms with E-state index in [9.17, 15) is 17.6 Å². The lowest BCUT2D eigenvalue weighted by Crippen LogP contribution is -2.38. The molecule has 0 aromatic heterocycles. The number of carbonyl (C=O) groups is 1. The third-order valence-corrected chi connectivity index (χ3v) is 8.95. The van der Waals surface area contributed by atoms with Crippen LogP contribution < -0.4 is 10.0 Å². The summed E-state index contributed by atoms with van der Waals surface area (Å²) in [4.78, 5) is 18.0. The van der Waals surface area contributed by atoms with Crippen molar-refractivity contribution in [3.63, 3.8) is 0 Å². The molecular weight excluding hydrogens is 453 g/mol. The molecule has 0 spiro atoms. The summed E-state index contributed by atoms with van der Waals surface area (Å²) in [6.45, 7) is 0.391. The first-order valence-corrected chi connectivity index (χ1v) is 13.6. The summed E-state index contributed by atoms with van der Waals surface area (Å²) in [5.41, 5.74) is 2.22. The first-order chi connectivity index (χ1) is 16.4. The van der Waals surface area contributed by atoms with E-state index < -0.39 is 10.0 Å². The Morgan fingerprint density at radius 3 is 2.56 bits per heavy atom. The molecule has 3 aliphatic rings. The van der Waals surface area contributed by atoms with Crippen molar-refractivity contribution >= 4 is 21.8 Å². The number of amides is 1. The van der Waals surface area contributed by atoms with Crippen molar-refractivity contribution in [2.45, 2.75) is 61.8 Å². The quantitative estimate of drug-likeness (QED) is 0.676. The fraction of sp³-hybridized carbons (Fsp3) is 0.462. The van der Waals surface area contributed by atoms with Crippen molar-refractivity contribution in [3.8, 4) is 0 Å². The average molecular weight is 484 g/mol. The second kappa shape index (κ2) is 9.58. The third kappa shape index (κ3) is 4.93. The molecule has 34 heavy (non-hydrogen) atoms. The van der Waals surface area contributed by atoms with Crippen LogP contribution in [0.3, 0.4) is 0 Å². The number of sulfonamides is 1. The number of aliphatic imine (C=N–C) groups is 1. The maximum Gasteiger partial charge on any atom is 0.240 e. The van der Waals surface area contributed by atoms with Gasteiger partial charge in [-0.2, -0.15) is 0 Å². The van der Waals surface area contributed by atoms with Crippen LogP contribution in [0.15, 0.2) is 58.4 Å². The summed E-state index contributed by atoms with van der Waals surface area (Å²) < 4.78 is 41.2. The first-order valence-electron chi connectivity index (χ1n) is 12.1. The van der Waals surface area contributed by atoms with Crippen LogP contribution in [-0.2, 0) is 21.2 Å². The van der Waals surface area contributed by atoms with Gasteiger partial charge in [-0.05, 0) is 79.8 Å². The number of nitrogens with one attached hydrogen (secondary N) is 2. The zero-order chi connectivity index (χ0) is 23.7. The number of amidine groups is 1. The first kappa shape index (κ1) is 23.2. The second-order valence-corrected chi connectivity index (χ2v) is 11.5. The monoisotopic (exact) mass is 483 g/mol. The molecule has 5 rings (SSSR count). The molecule has 1 heterocycles. The number of hydrogen-bond acceptors (Lipinski definition) is 4. The summed E-state index contributed by atoms with van der Waals surface area (Å²) in [7, 11) is -3.51. The lowest BCUT2D eigenvalue weighted by atomic mass is 9.79. The molecule has 2 aromatic carbocycles. The van der Waals surface area contributed by atoms with E-state index in [0.717, 1.165) is 55.5 Å². The minimum absolute atomic E-state index is 0.0139. The molecule has 8 heteroatoms. The van der Waals surface area contributed by atoms with Crippen molar-refractivity contribution < 1.29 is 17.6 Å². The van der Waals surface area contributed by atoms with E-state index in [1.54, 1.807) is 36.4 Å². The minimum Gasteiger partial charge on any atom is -0.314 e. The molecule has 2 aliphatic carbocycles. The highest BCUT2D eigenvalue weighted by atomic mass is 32.2. The molecule has 1 amide bonds. The van der Waals surface area contributed by atoms with E-state index in [2.05, 4.69) is 10.0 Å². The van der Waals surface area contributed by atoms with Crippen LogP contribution in [0.2, 0.25) is 0 Å². The third-order valence-electron chi connectivity index (χ3n) is 7.51. The number of fused-ring (bicyclic) bond motifs is 3. The maximum atomic E-state index is 13.6. The average Bonchev–Trinajstić information content (AvgIpc) is 3.26. The smallest absolute Gasteiger partial charge is 0.240 e. The fourth-order valence-electron chi connectivity index (χ4n) is 5.59. The van der Waals surface area contributed by atoms with Crippen LogP contribution in [0.5, 0.6) is 0 Å². The van der Waals surface area contributed by atoms with Gasteiger partial charge in [0.2, 0.25) is 15.9 Å². The Kier molecular flexibility index (Phi) is 6.53. The highest BCUT2D eigenvalue weighted by Crippen LogP contribution is 2.40. The topological polar surface area (TPSA) is 87.6 Å². The largest absolute Gasteiger partial charge is 0.314 e. The molecule has 0 unspecified atom stereocenters. The van der Waals surface area contributed by atoms with Gasteiger partial charge >= 0.3 is 0 Å². The van der Waals surface area contributed by atoms with E-state index in [0.29, 0.717) is 13.0 Å². The number of aryl methyl sites for hydroxylation is 1. The summed E-state index contributed by atoms with van der Waals surface area (Å²) in [6.07, 6.45) is 5.49. The number of nitrogens with zero attached hydrogens (tertiary/aromatic N) is 1. The number of carbonyl (C=O) groups excluding carboxylic acids is 1. The van der Waals surface area contributed by atoms with Gasteiger partial charge in [0, 0.05) is 24.8 Å². The summed E-state index contributed by atoms with van der Waals surface area (Å²) in [5, 5.41) is 3.07. The van der Waals surface area contributed by atoms with Crippen molar-refractivity contribution in [3.05, 3.63) is 65.5 Å². The Labute approximate surface area is 200 Å². The second-order valence-electron chi connectivity index (χ2n) is 9.71. The van der Waals surface area contributed by atoms with Crippen molar-refractivity contribution in [1.29, 1.82) is 0 Å². The molecule has 2 atom stereocenters. The van der Waals surface area contributed by atoms with Gasteiger partial charge in [-0.15, -0.1) is 0 Å². The number of benzene rings is 2. The van der Waals surface area contributed by atoms with Crippen molar-refractivity contribution in [1.82, 2.24) is 10.0 Å². The van der Waals surface area contributed by atoms with Gasteiger partial charge in [-0.3, -0.25) is 9.79 Å². The van der Waals surface area contributed by atoms with Crippen LogP contribution in [0.1, 0.15) is 55.6 Å². The minimum atomic E-state index is -3.51. The molecule has 2 N–H and O–H groups in total. The molecule has 1 saturated carbocycles. The highest BCUT2D eigenvalue weighted by molar-refractivity contribution is 7.89. The summed E-state index contributed by atoms with van der Waals surface area (Å²) in [5.74, 6) is 0.927. The van der Waals surface area contributed by atoms with Gasteiger partial charge in [0.25, 0.3) is 0 Å². The van der Waals surface area contributed by atoms with Gasteiger partial charge in [-0.25, -0.2) is 17.5 Å². The normalized spacial score (nSPS) is 26.3. The Balaban J connectivity index is 1.11. The van der Waals surface area contributed by atoms with Crippen LogP contribution in [-0.4, -0.2) is 32.7 Å². The molecule has 0 bridgehead atoms. The van der Waals surface area contributed by atoms with Gasteiger partial charge in [0.05, 0.1) is 10.9 Å². The maximum absolute atomic E-state index is 13.6. The molecule has 1 aliphatic heterocycles. The Morgan fingerprint density at radius 1 is 1.03 bits per heavy atom. The standard InChI is InChI=1S/C26H30FN3O3S/c27-20-11-12-22-19(14-20)10-13-24-23(22)15-25(29-24)30-26(31)18-8-6-17(7-9-18)16-28-34(32,33)21-4-2-1-3-5-21/h1-5,11-12,14,17-18,23-24,28H,6-10,13,15-16H2,(H,29,30,31)/t17?,18?,23-,24+/m0/s1. The van der Waals surface area contributed by atoms with Crippen LogP contribution >= 0.6 is 0 Å². The predicted molar refractivity (Wildman–Crippen MR) is 129 cm³/mol. The highest BCUT2D eigenvalue weighted by Gasteiger charge is 2.36. The lowest BCUT2D eigenvalue weighted by Gasteiger charge is -2.28. The van der Waals surface area contributed by atoms with Crippen molar-refractivity contribution in [2.24, 2.45) is 16.8 Å². The molecular formula is C26H30FN3O3S. The predicted octanol–water partition coefficient (Wildman–Crippen LogP) is 3.93. The SMILES string of the molecule is O=C(NC1=N[C@@H]2CCc3cc(F)ccc3[C@@H]2C1)C1CCC(CNS(=O)(=O)c2ccccc2)CC1. The fourth-order valence-corrected chi connectivity index (χ4v) is 6.73. The molecule has 180 valence electrons. The summed E-state index contributed by atoms with van der Waals surface area (Å²) >= 11 is 0. The Bertz CT molecular complexity index is 1190. The van der Waals surface area contributed by atoms with E-state index in [1.807, 2.05) is 6.07 Å². The number of hydrogen-bond donors (Lipinski definition) is 2. The van der Waals surface area contributed by atoms with E-state index >= 15 is 0 Å². The van der Waals surface area contributed by atoms with E-state index in [-0.39, 0.29) is 40.4 Å². The van der Waals surface area contributed by atoms with Gasteiger partial charge in [0.15, 0.2) is 0 Å². The molecule has 6 nitrogen and oxygen atoms in total. The zero-order valence-electron chi connectivity index (χ0n) is 19.0. The van der Waals surface area contributed by atoms with Crippen LogP contribution in [0.25, 0.3) is 0 Å². The lowest BCUT2D eigenvalue weighted by molar-refractivity contribution is -0.124. The molecule has 1 fully saturated rings. The van der Waals surface area contributed by atoms with Crippen molar-refractivity contribution in [2.75, 3.05) is 6.54 Å². The van der Waals surface area contributed by atoms with Crippen LogP contribution in [0, 0.1) is 17.7 Å². The zero-order valence-corrected chi connectivity index (χ0v) is 19.9. The number of rotatable bonds is 5. The Hall–Kier alpha value is -2.58. The summed E-state index contributed by atoms with van der Waals surface area (Å²) in [6, 6.07) is 13.5. The van der Waals surface area contributed by atoms with Gasteiger partial charge < -0.3 is 5.32 Å². The molecule has 0 saturated heterocycles. The van der Waals surface area contributed by atoms with Gasteiger partial charge in [-0.1, -0.05) is 24.3 Å². The van der Waals surface area contributed by atoms with Gasteiger partial charge in [0.1, 0.15) is 11.7 Å². The number of halogens is 1. The Morgan fingerprint density at radius 2 is 1.79 bits per heavy atom. The molecule has 2 aromatic rings.